The quantitative estimate of drug-likeness (QED) is 0.669. The monoisotopic (exact) mass is 253 g/mol. The Bertz CT molecular complexity index is 361. The van der Waals surface area contributed by atoms with Gasteiger partial charge in [-0.3, -0.25) is 4.79 Å². The summed E-state index contributed by atoms with van der Waals surface area (Å²) in [6, 6.07) is 0.199. The first-order valence-corrected chi connectivity index (χ1v) is 6.50. The fourth-order valence-corrected chi connectivity index (χ4v) is 1.62. The van der Waals surface area contributed by atoms with Crippen LogP contribution >= 0.6 is 0 Å². The van der Waals surface area contributed by atoms with Gasteiger partial charge in [0, 0.05) is 25.6 Å². The van der Waals surface area contributed by atoms with Gasteiger partial charge >= 0.3 is 0 Å². The molecule has 0 aromatic carbocycles. The summed E-state index contributed by atoms with van der Waals surface area (Å²) in [5.41, 5.74) is 0. The Kier molecular flexibility index (Phi) is 6.35. The van der Waals surface area contributed by atoms with E-state index in [1.54, 1.807) is 6.33 Å². The molecule has 1 rings (SSSR count). The molecule has 0 saturated carbocycles. The number of amides is 1. The second-order valence-corrected chi connectivity index (χ2v) is 4.55. The van der Waals surface area contributed by atoms with Crippen molar-refractivity contribution >= 4 is 5.91 Å². The summed E-state index contributed by atoms with van der Waals surface area (Å²) in [5.74, 6) is 0.994. The SMILES string of the molecule is CCCn1ncnc1CNCCC(=O)NC(C)C. The van der Waals surface area contributed by atoms with Gasteiger partial charge < -0.3 is 10.6 Å². The Labute approximate surface area is 108 Å². The summed E-state index contributed by atoms with van der Waals surface area (Å²) in [5, 5.41) is 10.2. The normalized spacial score (nSPS) is 10.9. The van der Waals surface area contributed by atoms with Crippen LogP contribution in [-0.4, -0.2) is 33.3 Å². The number of hydrogen-bond acceptors (Lipinski definition) is 4. The third-order valence-electron chi connectivity index (χ3n) is 2.39. The summed E-state index contributed by atoms with van der Waals surface area (Å²) in [4.78, 5) is 15.6. The van der Waals surface area contributed by atoms with Gasteiger partial charge in [-0.1, -0.05) is 6.92 Å². The average Bonchev–Trinajstić information content (AvgIpc) is 2.72. The van der Waals surface area contributed by atoms with Gasteiger partial charge in [-0.2, -0.15) is 5.10 Å². The highest BCUT2D eigenvalue weighted by Crippen LogP contribution is 1.95. The molecule has 6 heteroatoms. The van der Waals surface area contributed by atoms with Crippen LogP contribution in [0.15, 0.2) is 6.33 Å². The third-order valence-corrected chi connectivity index (χ3v) is 2.39. The van der Waals surface area contributed by atoms with Gasteiger partial charge in [0.15, 0.2) is 0 Å². The number of rotatable bonds is 8. The fraction of sp³-hybridized carbons (Fsp3) is 0.750. The number of aromatic nitrogens is 3. The average molecular weight is 253 g/mol. The maximum absolute atomic E-state index is 11.4. The first kappa shape index (κ1) is 14.6. The van der Waals surface area contributed by atoms with E-state index in [0.29, 0.717) is 19.5 Å². The molecule has 0 saturated heterocycles. The molecule has 0 aliphatic rings. The smallest absolute Gasteiger partial charge is 0.221 e. The van der Waals surface area contributed by atoms with Crippen LogP contribution < -0.4 is 10.6 Å². The van der Waals surface area contributed by atoms with E-state index in [2.05, 4.69) is 27.6 Å². The molecule has 1 aromatic rings. The van der Waals surface area contributed by atoms with E-state index in [0.717, 1.165) is 18.8 Å². The number of hydrogen-bond donors (Lipinski definition) is 2. The summed E-state index contributed by atoms with van der Waals surface area (Å²) in [6.45, 7) is 8.20. The van der Waals surface area contributed by atoms with Crippen molar-refractivity contribution in [3.8, 4) is 0 Å². The lowest BCUT2D eigenvalue weighted by Crippen LogP contribution is -2.32. The predicted octanol–water partition coefficient (Wildman–Crippen LogP) is 0.692. The van der Waals surface area contributed by atoms with Gasteiger partial charge in [0.1, 0.15) is 12.2 Å². The summed E-state index contributed by atoms with van der Waals surface area (Å²) in [6.07, 6.45) is 3.09. The predicted molar refractivity (Wildman–Crippen MR) is 69.9 cm³/mol. The minimum Gasteiger partial charge on any atom is -0.354 e. The topological polar surface area (TPSA) is 71.8 Å². The molecule has 102 valence electrons. The first-order chi connectivity index (χ1) is 8.63. The lowest BCUT2D eigenvalue weighted by atomic mass is 10.3. The van der Waals surface area contributed by atoms with E-state index in [-0.39, 0.29) is 11.9 Å². The molecule has 0 unspecified atom stereocenters. The van der Waals surface area contributed by atoms with E-state index >= 15 is 0 Å². The zero-order valence-electron chi connectivity index (χ0n) is 11.4. The molecule has 0 radical (unpaired) electrons. The van der Waals surface area contributed by atoms with Crippen molar-refractivity contribution in [2.75, 3.05) is 6.54 Å². The number of aryl methyl sites for hydroxylation is 1. The van der Waals surface area contributed by atoms with Gasteiger partial charge in [-0.25, -0.2) is 9.67 Å². The Morgan fingerprint density at radius 1 is 1.50 bits per heavy atom. The summed E-state index contributed by atoms with van der Waals surface area (Å²) < 4.78 is 1.89. The molecular formula is C12H23N5O. The summed E-state index contributed by atoms with van der Waals surface area (Å²) >= 11 is 0. The molecule has 0 fully saturated rings. The van der Waals surface area contributed by atoms with E-state index in [4.69, 9.17) is 0 Å². The molecule has 2 N–H and O–H groups in total. The van der Waals surface area contributed by atoms with Crippen LogP contribution in [0.3, 0.4) is 0 Å². The first-order valence-electron chi connectivity index (χ1n) is 6.50. The Morgan fingerprint density at radius 2 is 2.28 bits per heavy atom. The Hall–Kier alpha value is -1.43. The maximum Gasteiger partial charge on any atom is 0.221 e. The number of nitrogens with one attached hydrogen (secondary N) is 2. The highest BCUT2D eigenvalue weighted by atomic mass is 16.1. The van der Waals surface area contributed by atoms with Gasteiger partial charge in [0.2, 0.25) is 5.91 Å². The molecule has 0 aliphatic carbocycles. The van der Waals surface area contributed by atoms with Crippen molar-refractivity contribution in [3.63, 3.8) is 0 Å². The van der Waals surface area contributed by atoms with Crippen LogP contribution in [0.2, 0.25) is 0 Å². The molecule has 18 heavy (non-hydrogen) atoms. The van der Waals surface area contributed by atoms with Crippen LogP contribution in [0.5, 0.6) is 0 Å². The largest absolute Gasteiger partial charge is 0.354 e. The lowest BCUT2D eigenvalue weighted by Gasteiger charge is -2.09. The standard InChI is InChI=1S/C12H23N5O/c1-4-7-17-11(14-9-15-17)8-13-6-5-12(18)16-10(2)3/h9-10,13H,4-8H2,1-3H3,(H,16,18). The zero-order valence-corrected chi connectivity index (χ0v) is 11.4. The van der Waals surface area contributed by atoms with Crippen LogP contribution in [0.25, 0.3) is 0 Å². The molecule has 0 bridgehead atoms. The molecular weight excluding hydrogens is 230 g/mol. The number of carbonyl (C=O) groups excluding carboxylic acids is 1. The Morgan fingerprint density at radius 3 is 2.94 bits per heavy atom. The van der Waals surface area contributed by atoms with Gasteiger partial charge in [0.25, 0.3) is 0 Å². The van der Waals surface area contributed by atoms with Crippen molar-refractivity contribution in [2.24, 2.45) is 0 Å². The molecule has 1 heterocycles. The molecule has 0 aliphatic heterocycles. The zero-order chi connectivity index (χ0) is 13.4. The van der Waals surface area contributed by atoms with Crippen molar-refractivity contribution in [3.05, 3.63) is 12.2 Å². The van der Waals surface area contributed by atoms with Crippen LogP contribution in [0.4, 0.5) is 0 Å². The highest BCUT2D eigenvalue weighted by Gasteiger charge is 2.05. The van der Waals surface area contributed by atoms with E-state index in [9.17, 15) is 4.79 Å². The fourth-order valence-electron chi connectivity index (χ4n) is 1.62. The molecule has 1 amide bonds. The minimum atomic E-state index is 0.0764. The van der Waals surface area contributed by atoms with Gasteiger partial charge in [0.05, 0.1) is 6.54 Å². The molecule has 6 nitrogen and oxygen atoms in total. The van der Waals surface area contributed by atoms with E-state index in [1.807, 2.05) is 18.5 Å². The van der Waals surface area contributed by atoms with Gasteiger partial charge in [-0.05, 0) is 20.3 Å². The Balaban J connectivity index is 2.21. The second kappa shape index (κ2) is 7.81. The maximum atomic E-state index is 11.4. The van der Waals surface area contributed by atoms with Crippen LogP contribution in [0.1, 0.15) is 39.4 Å². The highest BCUT2D eigenvalue weighted by molar-refractivity contribution is 5.76. The lowest BCUT2D eigenvalue weighted by molar-refractivity contribution is -0.121. The van der Waals surface area contributed by atoms with Crippen molar-refractivity contribution < 1.29 is 4.79 Å². The van der Waals surface area contributed by atoms with Crippen molar-refractivity contribution in [2.45, 2.75) is 52.7 Å². The molecule has 0 atom stereocenters. The van der Waals surface area contributed by atoms with E-state index < -0.39 is 0 Å². The van der Waals surface area contributed by atoms with Crippen molar-refractivity contribution in [1.29, 1.82) is 0 Å². The van der Waals surface area contributed by atoms with Crippen molar-refractivity contribution in [1.82, 2.24) is 25.4 Å². The van der Waals surface area contributed by atoms with Crippen LogP contribution in [0, 0.1) is 0 Å². The minimum absolute atomic E-state index is 0.0764. The second-order valence-electron chi connectivity index (χ2n) is 4.55. The van der Waals surface area contributed by atoms with Gasteiger partial charge in [-0.15, -0.1) is 0 Å². The summed E-state index contributed by atoms with van der Waals surface area (Å²) in [7, 11) is 0. The van der Waals surface area contributed by atoms with Crippen LogP contribution in [-0.2, 0) is 17.9 Å². The third kappa shape index (κ3) is 5.27. The number of carbonyl (C=O) groups is 1. The van der Waals surface area contributed by atoms with E-state index in [1.165, 1.54) is 0 Å². The number of nitrogens with zero attached hydrogens (tertiary/aromatic N) is 3. The molecule has 0 spiro atoms. The molecule has 1 aromatic heterocycles.